The second-order valence-electron chi connectivity index (χ2n) is 7.50. The van der Waals surface area contributed by atoms with Gasteiger partial charge in [0.1, 0.15) is 0 Å². The molecule has 0 bridgehead atoms. The number of halogens is 2. The van der Waals surface area contributed by atoms with Crippen LogP contribution >= 0.6 is 0 Å². The van der Waals surface area contributed by atoms with Gasteiger partial charge in [-0.3, -0.25) is 0 Å². The first-order chi connectivity index (χ1) is 12.5. The first-order valence-electron chi connectivity index (χ1n) is 9.82. The van der Waals surface area contributed by atoms with E-state index >= 15 is 0 Å². The van der Waals surface area contributed by atoms with Crippen LogP contribution in [0.2, 0.25) is 0 Å². The van der Waals surface area contributed by atoms with Crippen LogP contribution in [0.3, 0.4) is 0 Å². The third kappa shape index (κ3) is 3.75. The van der Waals surface area contributed by atoms with Crippen molar-refractivity contribution in [1.82, 2.24) is 0 Å². The number of hydrogen-bond acceptors (Lipinski definition) is 0. The van der Waals surface area contributed by atoms with Crippen molar-refractivity contribution in [3.05, 3.63) is 65.2 Å². The molecule has 2 aromatic carbocycles. The molecule has 1 aliphatic rings. The molecule has 3 rings (SSSR count). The van der Waals surface area contributed by atoms with Crippen LogP contribution in [0.25, 0.3) is 16.7 Å². The normalized spacial score (nSPS) is 18.5. The minimum Gasteiger partial charge on any atom is -0.203 e. The van der Waals surface area contributed by atoms with Gasteiger partial charge in [-0.25, -0.2) is 8.78 Å². The van der Waals surface area contributed by atoms with Gasteiger partial charge in [0.25, 0.3) is 0 Å². The maximum Gasteiger partial charge on any atom is 0.167 e. The minimum absolute atomic E-state index is 0.338. The zero-order chi connectivity index (χ0) is 18.7. The maximum absolute atomic E-state index is 14.8. The van der Waals surface area contributed by atoms with Gasteiger partial charge in [-0.05, 0) is 54.2 Å². The predicted molar refractivity (Wildman–Crippen MR) is 106 cm³/mol. The van der Waals surface area contributed by atoms with Crippen molar-refractivity contribution >= 4 is 5.57 Å². The SMILES string of the molecule is CCC1CC=C(c2ccc(-c3ccc(C(C)CC)cc3)c(F)c2F)CC1. The van der Waals surface area contributed by atoms with E-state index in [-0.39, 0.29) is 0 Å². The van der Waals surface area contributed by atoms with Gasteiger partial charge in [-0.1, -0.05) is 69.7 Å². The summed E-state index contributed by atoms with van der Waals surface area (Å²) in [7, 11) is 0. The zero-order valence-corrected chi connectivity index (χ0v) is 16.0. The average Bonchev–Trinajstić information content (AvgIpc) is 2.70. The Hall–Kier alpha value is -1.96. The lowest BCUT2D eigenvalue weighted by molar-refractivity contribution is 0.467. The first-order valence-corrected chi connectivity index (χ1v) is 9.82. The molecule has 0 heterocycles. The molecule has 2 atom stereocenters. The van der Waals surface area contributed by atoms with Crippen molar-refractivity contribution in [1.29, 1.82) is 0 Å². The molecule has 0 nitrogen and oxygen atoms in total. The van der Waals surface area contributed by atoms with E-state index in [2.05, 4.69) is 26.8 Å². The molecular weight excluding hydrogens is 326 g/mol. The van der Waals surface area contributed by atoms with Crippen LogP contribution in [0, 0.1) is 17.6 Å². The molecule has 0 aliphatic heterocycles. The van der Waals surface area contributed by atoms with Gasteiger partial charge >= 0.3 is 0 Å². The molecule has 138 valence electrons. The Morgan fingerprint density at radius 1 is 0.962 bits per heavy atom. The summed E-state index contributed by atoms with van der Waals surface area (Å²) in [4.78, 5) is 0. The zero-order valence-electron chi connectivity index (χ0n) is 16.0. The summed E-state index contributed by atoms with van der Waals surface area (Å²) in [6, 6.07) is 11.3. The monoisotopic (exact) mass is 354 g/mol. The van der Waals surface area contributed by atoms with Gasteiger partial charge < -0.3 is 0 Å². The molecule has 0 saturated carbocycles. The highest BCUT2D eigenvalue weighted by atomic mass is 19.2. The summed E-state index contributed by atoms with van der Waals surface area (Å²) in [5, 5.41) is 0. The Kier molecular flexibility index (Phi) is 5.90. The Morgan fingerprint density at radius 3 is 2.19 bits per heavy atom. The molecule has 0 spiro atoms. The van der Waals surface area contributed by atoms with Crippen LogP contribution in [-0.4, -0.2) is 0 Å². The van der Waals surface area contributed by atoms with Gasteiger partial charge in [0.05, 0.1) is 0 Å². The summed E-state index contributed by atoms with van der Waals surface area (Å²) >= 11 is 0. The molecule has 0 aromatic heterocycles. The van der Waals surface area contributed by atoms with Crippen molar-refractivity contribution in [3.8, 4) is 11.1 Å². The molecule has 2 unspecified atom stereocenters. The summed E-state index contributed by atoms with van der Waals surface area (Å²) < 4.78 is 29.5. The summed E-state index contributed by atoms with van der Waals surface area (Å²) in [5.41, 5.74) is 3.67. The highest BCUT2D eigenvalue weighted by Gasteiger charge is 2.20. The van der Waals surface area contributed by atoms with E-state index in [9.17, 15) is 8.78 Å². The van der Waals surface area contributed by atoms with Crippen LogP contribution in [0.4, 0.5) is 8.78 Å². The molecule has 0 radical (unpaired) electrons. The fraction of sp³-hybridized carbons (Fsp3) is 0.417. The molecule has 2 aromatic rings. The Bertz CT molecular complexity index is 787. The number of rotatable bonds is 5. The lowest BCUT2D eigenvalue weighted by Gasteiger charge is -2.21. The Balaban J connectivity index is 1.89. The predicted octanol–water partition coefficient (Wildman–Crippen LogP) is 7.74. The van der Waals surface area contributed by atoms with Crippen molar-refractivity contribution in [3.63, 3.8) is 0 Å². The quantitative estimate of drug-likeness (QED) is 0.515. The van der Waals surface area contributed by atoms with E-state index in [1.165, 1.54) is 5.56 Å². The van der Waals surface area contributed by atoms with Gasteiger partial charge in [0, 0.05) is 11.1 Å². The fourth-order valence-electron chi connectivity index (χ4n) is 3.75. The lowest BCUT2D eigenvalue weighted by atomic mass is 9.84. The number of benzene rings is 2. The standard InChI is InChI=1S/C24H28F2/c1-4-16(3)18-10-12-20(13-11-18)22-15-14-21(23(25)24(22)26)19-8-6-17(5-2)7-9-19/h8,10-17H,4-7,9H2,1-3H3. The second kappa shape index (κ2) is 8.16. The van der Waals surface area contributed by atoms with Crippen molar-refractivity contribution < 1.29 is 8.78 Å². The Labute approximate surface area is 156 Å². The molecule has 0 amide bonds. The number of hydrogen-bond donors (Lipinski definition) is 0. The molecule has 2 heteroatoms. The van der Waals surface area contributed by atoms with Crippen LogP contribution in [0.1, 0.15) is 69.9 Å². The summed E-state index contributed by atoms with van der Waals surface area (Å²) in [5.74, 6) is -0.305. The van der Waals surface area contributed by atoms with Gasteiger partial charge in [-0.15, -0.1) is 0 Å². The first kappa shape index (κ1) is 18.8. The van der Waals surface area contributed by atoms with E-state index in [1.807, 2.05) is 24.3 Å². The third-order valence-corrected chi connectivity index (χ3v) is 5.93. The van der Waals surface area contributed by atoms with Crippen molar-refractivity contribution in [2.45, 2.75) is 58.8 Å². The Morgan fingerprint density at radius 2 is 1.62 bits per heavy atom. The molecule has 26 heavy (non-hydrogen) atoms. The van der Waals surface area contributed by atoms with Gasteiger partial charge in [0.15, 0.2) is 11.6 Å². The third-order valence-electron chi connectivity index (χ3n) is 5.93. The molecule has 0 fully saturated rings. The lowest BCUT2D eigenvalue weighted by Crippen LogP contribution is -2.06. The fourth-order valence-corrected chi connectivity index (χ4v) is 3.75. The van der Waals surface area contributed by atoms with E-state index in [1.54, 1.807) is 12.1 Å². The van der Waals surface area contributed by atoms with E-state index < -0.39 is 11.6 Å². The number of allylic oxidation sites excluding steroid dienone is 2. The van der Waals surface area contributed by atoms with Gasteiger partial charge in [-0.2, -0.15) is 0 Å². The second-order valence-corrected chi connectivity index (χ2v) is 7.50. The molecular formula is C24H28F2. The van der Waals surface area contributed by atoms with Crippen LogP contribution < -0.4 is 0 Å². The average molecular weight is 354 g/mol. The van der Waals surface area contributed by atoms with E-state index in [0.29, 0.717) is 23.0 Å². The van der Waals surface area contributed by atoms with Crippen LogP contribution in [0.5, 0.6) is 0 Å². The van der Waals surface area contributed by atoms with E-state index in [4.69, 9.17) is 0 Å². The van der Waals surface area contributed by atoms with Crippen molar-refractivity contribution in [2.24, 2.45) is 5.92 Å². The topological polar surface area (TPSA) is 0 Å². The summed E-state index contributed by atoms with van der Waals surface area (Å²) in [6.45, 7) is 6.51. The summed E-state index contributed by atoms with van der Waals surface area (Å²) in [6.07, 6.45) is 7.15. The smallest absolute Gasteiger partial charge is 0.167 e. The highest BCUT2D eigenvalue weighted by molar-refractivity contribution is 5.72. The minimum atomic E-state index is -0.739. The highest BCUT2D eigenvalue weighted by Crippen LogP contribution is 2.36. The molecule has 0 N–H and O–H groups in total. The van der Waals surface area contributed by atoms with Crippen LogP contribution in [0.15, 0.2) is 42.5 Å². The maximum atomic E-state index is 14.8. The molecule has 1 aliphatic carbocycles. The largest absolute Gasteiger partial charge is 0.203 e. The molecule has 0 saturated heterocycles. The van der Waals surface area contributed by atoms with Gasteiger partial charge in [0.2, 0.25) is 0 Å². The van der Waals surface area contributed by atoms with Crippen molar-refractivity contribution in [2.75, 3.05) is 0 Å². The van der Waals surface area contributed by atoms with Crippen LogP contribution in [-0.2, 0) is 0 Å². The van der Waals surface area contributed by atoms with E-state index in [0.717, 1.165) is 43.2 Å².